The molecule has 1 N–H and O–H groups in total. The summed E-state index contributed by atoms with van der Waals surface area (Å²) in [6.07, 6.45) is 9.60. The van der Waals surface area contributed by atoms with Crippen LogP contribution in [-0.2, 0) is 17.6 Å². The summed E-state index contributed by atoms with van der Waals surface area (Å²) in [4.78, 5) is 11.7. The van der Waals surface area contributed by atoms with Crippen LogP contribution >= 0.6 is 0 Å². The van der Waals surface area contributed by atoms with Crippen molar-refractivity contribution in [3.8, 4) is 11.5 Å². The van der Waals surface area contributed by atoms with Crippen LogP contribution in [0.4, 0.5) is 0 Å². The molecule has 2 rings (SSSR count). The van der Waals surface area contributed by atoms with Gasteiger partial charge in [0, 0.05) is 18.5 Å². The zero-order valence-electron chi connectivity index (χ0n) is 13.5. The molecule has 0 saturated carbocycles. The molecule has 120 valence electrons. The van der Waals surface area contributed by atoms with E-state index >= 15 is 0 Å². The number of amides is 1. The van der Waals surface area contributed by atoms with Gasteiger partial charge in [0.05, 0.1) is 14.2 Å². The number of benzene rings is 1. The Morgan fingerprint density at radius 3 is 2.68 bits per heavy atom. The lowest BCUT2D eigenvalue weighted by atomic mass is 10.0. The summed E-state index contributed by atoms with van der Waals surface area (Å²) < 4.78 is 11.0. The minimum atomic E-state index is 0.140. The second kappa shape index (κ2) is 8.47. The third-order valence-corrected chi connectivity index (χ3v) is 3.88. The van der Waals surface area contributed by atoms with E-state index in [0.717, 1.165) is 54.7 Å². The molecular weight excluding hydrogens is 278 g/mol. The summed E-state index contributed by atoms with van der Waals surface area (Å²) in [5, 5.41) is 2.98. The molecule has 0 fully saturated rings. The predicted octanol–water partition coefficient (Wildman–Crippen LogP) is 3.04. The molecule has 0 unspecified atom stereocenters. The summed E-state index contributed by atoms with van der Waals surface area (Å²) >= 11 is 0. The van der Waals surface area contributed by atoms with E-state index in [1.807, 2.05) is 6.07 Å². The van der Waals surface area contributed by atoms with Crippen LogP contribution in [0, 0.1) is 0 Å². The van der Waals surface area contributed by atoms with Crippen molar-refractivity contribution in [1.82, 2.24) is 5.32 Å². The normalized spacial score (nSPS) is 18.0. The molecule has 0 radical (unpaired) electrons. The average molecular weight is 303 g/mol. The van der Waals surface area contributed by atoms with Gasteiger partial charge < -0.3 is 14.8 Å². The number of rotatable bonds is 2. The molecule has 1 aromatic carbocycles. The Morgan fingerprint density at radius 2 is 1.91 bits per heavy atom. The smallest absolute Gasteiger partial charge is 0.220 e. The molecule has 0 aliphatic carbocycles. The van der Waals surface area contributed by atoms with Crippen molar-refractivity contribution in [3.63, 3.8) is 0 Å². The second-order valence-corrected chi connectivity index (χ2v) is 5.51. The molecule has 0 atom stereocenters. The van der Waals surface area contributed by atoms with Crippen LogP contribution in [0.2, 0.25) is 0 Å². The predicted molar refractivity (Wildman–Crippen MR) is 87.6 cm³/mol. The number of ether oxygens (including phenoxy) is 2. The molecule has 22 heavy (non-hydrogen) atoms. The number of carbonyl (C=O) groups is 1. The fourth-order valence-electron chi connectivity index (χ4n) is 2.71. The Morgan fingerprint density at radius 1 is 1.05 bits per heavy atom. The van der Waals surface area contributed by atoms with Crippen LogP contribution in [0.25, 0.3) is 0 Å². The Bertz CT molecular complexity index is 537. The van der Waals surface area contributed by atoms with Gasteiger partial charge in [-0.3, -0.25) is 4.79 Å². The Balaban J connectivity index is 2.26. The van der Waals surface area contributed by atoms with Crippen LogP contribution in [0.1, 0.15) is 36.8 Å². The van der Waals surface area contributed by atoms with Gasteiger partial charge in [0.1, 0.15) is 0 Å². The summed E-state index contributed by atoms with van der Waals surface area (Å²) in [6.45, 7) is 0.656. The Kier molecular flexibility index (Phi) is 6.31. The van der Waals surface area contributed by atoms with Crippen molar-refractivity contribution >= 4 is 5.91 Å². The van der Waals surface area contributed by atoms with Crippen LogP contribution in [-0.4, -0.2) is 26.7 Å². The van der Waals surface area contributed by atoms with E-state index < -0.39 is 0 Å². The van der Waals surface area contributed by atoms with E-state index in [1.165, 1.54) is 0 Å². The van der Waals surface area contributed by atoms with Gasteiger partial charge in [-0.25, -0.2) is 0 Å². The molecular formula is C18H25NO3. The average Bonchev–Trinajstić information content (AvgIpc) is 2.52. The lowest BCUT2D eigenvalue weighted by Gasteiger charge is -2.15. The topological polar surface area (TPSA) is 47.6 Å². The molecule has 1 aliphatic rings. The maximum Gasteiger partial charge on any atom is 0.220 e. The number of carbonyl (C=O) groups excluding carboxylic acids is 1. The largest absolute Gasteiger partial charge is 0.493 e. The summed E-state index contributed by atoms with van der Waals surface area (Å²) in [7, 11) is 3.32. The van der Waals surface area contributed by atoms with Gasteiger partial charge in [0.2, 0.25) is 5.91 Å². The molecule has 0 aromatic heterocycles. The molecule has 0 spiro atoms. The minimum Gasteiger partial charge on any atom is -0.493 e. The van der Waals surface area contributed by atoms with Gasteiger partial charge in [-0.2, -0.15) is 0 Å². The van der Waals surface area contributed by atoms with E-state index in [9.17, 15) is 4.79 Å². The van der Waals surface area contributed by atoms with Crippen LogP contribution in [0.15, 0.2) is 24.3 Å². The summed E-state index contributed by atoms with van der Waals surface area (Å²) in [5.41, 5.74) is 2.27. The van der Waals surface area contributed by atoms with E-state index in [0.29, 0.717) is 13.0 Å². The summed E-state index contributed by atoms with van der Waals surface area (Å²) in [5.74, 6) is 1.69. The van der Waals surface area contributed by atoms with Crippen molar-refractivity contribution in [2.45, 2.75) is 38.5 Å². The molecule has 0 saturated heterocycles. The Labute approximate surface area is 132 Å². The standard InChI is InChI=1S/C18H25NO3/c1-21-16-13-14-10-11-19-17(20)9-7-5-3-4-6-8-15(12-14)18(16)22-2/h4,6,12-13H,3,5,7-11H2,1-2H3,(H,19,20)/b6-4+. The van der Waals surface area contributed by atoms with Crippen molar-refractivity contribution in [2.24, 2.45) is 0 Å². The van der Waals surface area contributed by atoms with Crippen molar-refractivity contribution in [3.05, 3.63) is 35.4 Å². The SMILES string of the molecule is COc1cc2cc(c1OC)C/C=C/CCCCC(=O)NCC2. The highest BCUT2D eigenvalue weighted by molar-refractivity contribution is 5.75. The molecule has 2 bridgehead atoms. The maximum absolute atomic E-state index is 11.7. The third-order valence-electron chi connectivity index (χ3n) is 3.88. The number of nitrogens with one attached hydrogen (secondary N) is 1. The number of fused-ring (bicyclic) bond motifs is 2. The first-order valence-electron chi connectivity index (χ1n) is 7.90. The maximum atomic E-state index is 11.7. The lowest BCUT2D eigenvalue weighted by molar-refractivity contribution is -0.121. The lowest BCUT2D eigenvalue weighted by Crippen LogP contribution is -2.25. The van der Waals surface area contributed by atoms with Crippen LogP contribution < -0.4 is 14.8 Å². The number of hydrogen-bond acceptors (Lipinski definition) is 3. The van der Waals surface area contributed by atoms with E-state index in [-0.39, 0.29) is 5.91 Å². The highest BCUT2D eigenvalue weighted by atomic mass is 16.5. The number of allylic oxidation sites excluding steroid dienone is 2. The fraction of sp³-hybridized carbons (Fsp3) is 0.500. The van der Waals surface area contributed by atoms with E-state index in [4.69, 9.17) is 9.47 Å². The van der Waals surface area contributed by atoms with Crippen molar-refractivity contribution in [1.29, 1.82) is 0 Å². The van der Waals surface area contributed by atoms with E-state index in [1.54, 1.807) is 14.2 Å². The fourth-order valence-corrected chi connectivity index (χ4v) is 2.71. The minimum absolute atomic E-state index is 0.140. The number of hydrogen-bond donors (Lipinski definition) is 1. The van der Waals surface area contributed by atoms with Gasteiger partial charge in [-0.05, 0) is 43.7 Å². The first-order chi connectivity index (χ1) is 10.7. The first-order valence-corrected chi connectivity index (χ1v) is 7.90. The zero-order valence-corrected chi connectivity index (χ0v) is 13.5. The van der Waals surface area contributed by atoms with Gasteiger partial charge in [-0.15, -0.1) is 0 Å². The highest BCUT2D eigenvalue weighted by Crippen LogP contribution is 2.33. The van der Waals surface area contributed by atoms with Crippen molar-refractivity contribution in [2.75, 3.05) is 20.8 Å². The van der Waals surface area contributed by atoms with Gasteiger partial charge in [-0.1, -0.05) is 18.2 Å². The van der Waals surface area contributed by atoms with Gasteiger partial charge in [0.25, 0.3) is 0 Å². The molecule has 1 aromatic rings. The molecule has 1 aliphatic heterocycles. The highest BCUT2D eigenvalue weighted by Gasteiger charge is 2.12. The van der Waals surface area contributed by atoms with Crippen molar-refractivity contribution < 1.29 is 14.3 Å². The molecule has 1 heterocycles. The summed E-state index contributed by atoms with van der Waals surface area (Å²) in [6, 6.07) is 4.13. The van der Waals surface area contributed by atoms with Gasteiger partial charge >= 0.3 is 0 Å². The van der Waals surface area contributed by atoms with Gasteiger partial charge in [0.15, 0.2) is 11.5 Å². The molecule has 4 nitrogen and oxygen atoms in total. The monoisotopic (exact) mass is 303 g/mol. The first kappa shape index (κ1) is 16.4. The van der Waals surface area contributed by atoms with E-state index in [2.05, 4.69) is 23.5 Å². The quantitative estimate of drug-likeness (QED) is 0.854. The zero-order chi connectivity index (χ0) is 15.8. The Hall–Kier alpha value is -1.97. The number of methoxy groups -OCH3 is 2. The van der Waals surface area contributed by atoms with Crippen LogP contribution in [0.5, 0.6) is 11.5 Å². The third kappa shape index (κ3) is 4.52. The van der Waals surface area contributed by atoms with Crippen LogP contribution in [0.3, 0.4) is 0 Å². The molecule has 1 amide bonds. The molecule has 4 heteroatoms. The second-order valence-electron chi connectivity index (χ2n) is 5.51.